The van der Waals surface area contributed by atoms with Crippen LogP contribution in [0, 0.1) is 5.82 Å². The van der Waals surface area contributed by atoms with Crippen molar-refractivity contribution in [1.29, 1.82) is 0 Å². The Hall–Kier alpha value is -1.37. The monoisotopic (exact) mass is 310 g/mol. The van der Waals surface area contributed by atoms with Crippen molar-refractivity contribution >= 4 is 26.9 Å². The Bertz CT molecular complexity index is 645. The highest BCUT2D eigenvalue weighted by Crippen LogP contribution is 2.33. The Morgan fingerprint density at radius 3 is 2.47 bits per heavy atom. The first-order valence-corrected chi connectivity index (χ1v) is 5.08. The normalized spacial score (nSPS) is 12.1. The highest BCUT2D eigenvalue weighted by atomic mass is 79.9. The Kier molecular flexibility index (Phi) is 2.73. The van der Waals surface area contributed by atoms with E-state index in [4.69, 9.17) is 4.42 Å². The molecule has 0 N–H and O–H groups in total. The van der Waals surface area contributed by atoms with Gasteiger partial charge in [0.2, 0.25) is 5.43 Å². The van der Waals surface area contributed by atoms with Crippen LogP contribution in [0.2, 0.25) is 0 Å². The topological polar surface area (TPSA) is 30.2 Å². The van der Waals surface area contributed by atoms with Crippen LogP contribution in [0.15, 0.2) is 32.1 Å². The van der Waals surface area contributed by atoms with Crippen LogP contribution in [0.5, 0.6) is 0 Å². The smallest absolute Gasteiger partial charge is 0.419 e. The SMILES string of the molecule is O=c1c(Br)coc2cc(F)c(C(F)(F)F)cc12. The molecule has 0 amide bonds. The molecule has 0 spiro atoms. The Morgan fingerprint density at radius 1 is 1.24 bits per heavy atom. The first-order chi connectivity index (χ1) is 7.80. The molecule has 90 valence electrons. The van der Waals surface area contributed by atoms with Crippen LogP contribution in [0.25, 0.3) is 11.0 Å². The van der Waals surface area contributed by atoms with Gasteiger partial charge in [0, 0.05) is 6.07 Å². The summed E-state index contributed by atoms with van der Waals surface area (Å²) in [6.45, 7) is 0. The molecule has 0 aliphatic rings. The van der Waals surface area contributed by atoms with E-state index in [9.17, 15) is 22.4 Å². The van der Waals surface area contributed by atoms with Gasteiger partial charge in [0.15, 0.2) is 0 Å². The van der Waals surface area contributed by atoms with Gasteiger partial charge in [0.1, 0.15) is 22.1 Å². The first-order valence-electron chi connectivity index (χ1n) is 4.28. The Balaban J connectivity index is 2.88. The van der Waals surface area contributed by atoms with Crippen molar-refractivity contribution in [1.82, 2.24) is 0 Å². The molecule has 0 aliphatic carbocycles. The molecule has 1 heterocycles. The van der Waals surface area contributed by atoms with Crippen molar-refractivity contribution in [3.05, 3.63) is 44.5 Å². The predicted molar refractivity (Wildman–Crippen MR) is 55.1 cm³/mol. The molecule has 0 unspecified atom stereocenters. The fraction of sp³-hybridized carbons (Fsp3) is 0.100. The largest absolute Gasteiger partial charge is 0.463 e. The molecular weight excluding hydrogens is 308 g/mol. The lowest BCUT2D eigenvalue weighted by molar-refractivity contribution is -0.139. The van der Waals surface area contributed by atoms with Crippen molar-refractivity contribution in [2.45, 2.75) is 6.18 Å². The number of halogens is 5. The number of benzene rings is 1. The third kappa shape index (κ3) is 2.06. The number of rotatable bonds is 0. The van der Waals surface area contributed by atoms with E-state index in [2.05, 4.69) is 15.9 Å². The van der Waals surface area contributed by atoms with E-state index >= 15 is 0 Å². The molecule has 1 aromatic heterocycles. The zero-order valence-electron chi connectivity index (χ0n) is 7.94. The third-order valence-corrected chi connectivity index (χ3v) is 2.67. The van der Waals surface area contributed by atoms with Crippen molar-refractivity contribution in [3.8, 4) is 0 Å². The highest BCUT2D eigenvalue weighted by Gasteiger charge is 2.34. The standard InChI is InChI=1S/C10H3BrF4O2/c11-6-3-17-8-2-7(12)5(10(13,14)15)1-4(8)9(6)16/h1-3H. The van der Waals surface area contributed by atoms with E-state index in [0.717, 1.165) is 6.26 Å². The van der Waals surface area contributed by atoms with E-state index in [0.29, 0.717) is 12.1 Å². The van der Waals surface area contributed by atoms with Crippen LogP contribution >= 0.6 is 15.9 Å². The van der Waals surface area contributed by atoms with E-state index in [1.165, 1.54) is 0 Å². The molecule has 7 heteroatoms. The summed E-state index contributed by atoms with van der Waals surface area (Å²) >= 11 is 2.83. The summed E-state index contributed by atoms with van der Waals surface area (Å²) in [6.07, 6.45) is -3.86. The van der Waals surface area contributed by atoms with Crippen molar-refractivity contribution in [2.24, 2.45) is 0 Å². The molecule has 0 aliphatic heterocycles. The average Bonchev–Trinajstić information content (AvgIpc) is 2.21. The van der Waals surface area contributed by atoms with E-state index < -0.39 is 23.0 Å². The summed E-state index contributed by atoms with van der Waals surface area (Å²) in [6, 6.07) is 0.993. The molecule has 2 nitrogen and oxygen atoms in total. The van der Waals surface area contributed by atoms with Crippen molar-refractivity contribution in [2.75, 3.05) is 0 Å². The lowest BCUT2D eigenvalue weighted by Gasteiger charge is -2.08. The van der Waals surface area contributed by atoms with Gasteiger partial charge in [0.25, 0.3) is 0 Å². The van der Waals surface area contributed by atoms with E-state index in [1.807, 2.05) is 0 Å². The zero-order valence-corrected chi connectivity index (χ0v) is 9.52. The predicted octanol–water partition coefficient (Wildman–Crippen LogP) is 3.71. The number of alkyl halides is 3. The molecular formula is C10H3BrF4O2. The maximum Gasteiger partial charge on any atom is 0.419 e. The van der Waals surface area contributed by atoms with Crippen LogP contribution < -0.4 is 5.43 Å². The summed E-state index contributed by atoms with van der Waals surface area (Å²) in [7, 11) is 0. The molecule has 17 heavy (non-hydrogen) atoms. The average molecular weight is 311 g/mol. The van der Waals surface area contributed by atoms with Gasteiger partial charge in [-0.1, -0.05) is 0 Å². The third-order valence-electron chi connectivity index (χ3n) is 2.13. The van der Waals surface area contributed by atoms with Gasteiger partial charge in [-0.3, -0.25) is 4.79 Å². The quantitative estimate of drug-likeness (QED) is 0.694. The van der Waals surface area contributed by atoms with E-state index in [-0.39, 0.29) is 15.4 Å². The lowest BCUT2D eigenvalue weighted by atomic mass is 10.1. The first kappa shape index (κ1) is 12.1. The van der Waals surface area contributed by atoms with Gasteiger partial charge >= 0.3 is 6.18 Å². The molecule has 0 fully saturated rings. The summed E-state index contributed by atoms with van der Waals surface area (Å²) in [4.78, 5) is 11.5. The van der Waals surface area contributed by atoms with Crippen LogP contribution in [-0.4, -0.2) is 0 Å². The molecule has 0 atom stereocenters. The van der Waals surface area contributed by atoms with Crippen LogP contribution in [0.3, 0.4) is 0 Å². The fourth-order valence-corrected chi connectivity index (χ4v) is 1.65. The van der Waals surface area contributed by atoms with Gasteiger partial charge < -0.3 is 4.42 Å². The molecule has 0 bridgehead atoms. The lowest BCUT2D eigenvalue weighted by Crippen LogP contribution is -2.10. The summed E-state index contributed by atoms with van der Waals surface area (Å²) in [5.74, 6) is -1.48. The van der Waals surface area contributed by atoms with Gasteiger partial charge in [-0.05, 0) is 22.0 Å². The minimum absolute atomic E-state index is 0.0234. The molecule has 1 aromatic carbocycles. The van der Waals surface area contributed by atoms with Gasteiger partial charge in [-0.2, -0.15) is 13.2 Å². The fourth-order valence-electron chi connectivity index (χ4n) is 1.34. The number of hydrogen-bond donors (Lipinski definition) is 0. The maximum atomic E-state index is 13.2. The Morgan fingerprint density at radius 2 is 1.88 bits per heavy atom. The summed E-state index contributed by atoms with van der Waals surface area (Å²) in [5, 5.41) is -0.326. The van der Waals surface area contributed by atoms with Gasteiger partial charge in [-0.15, -0.1) is 0 Å². The summed E-state index contributed by atoms with van der Waals surface area (Å²) in [5.41, 5.74) is -2.41. The number of hydrogen-bond acceptors (Lipinski definition) is 2. The summed E-state index contributed by atoms with van der Waals surface area (Å²) < 4.78 is 55.2. The molecule has 2 rings (SSSR count). The van der Waals surface area contributed by atoms with Crippen LogP contribution in [0.4, 0.5) is 17.6 Å². The second kappa shape index (κ2) is 3.83. The second-order valence-electron chi connectivity index (χ2n) is 3.24. The molecule has 0 radical (unpaired) electrons. The second-order valence-corrected chi connectivity index (χ2v) is 4.09. The molecule has 0 saturated heterocycles. The van der Waals surface area contributed by atoms with E-state index in [1.54, 1.807) is 0 Å². The maximum absolute atomic E-state index is 13.2. The molecule has 0 saturated carbocycles. The zero-order chi connectivity index (χ0) is 12.8. The van der Waals surface area contributed by atoms with Crippen LogP contribution in [0.1, 0.15) is 5.56 Å². The van der Waals surface area contributed by atoms with Gasteiger partial charge in [0.05, 0.1) is 10.9 Å². The van der Waals surface area contributed by atoms with Gasteiger partial charge in [-0.25, -0.2) is 4.39 Å². The van der Waals surface area contributed by atoms with Crippen molar-refractivity contribution in [3.63, 3.8) is 0 Å². The molecule has 2 aromatic rings. The highest BCUT2D eigenvalue weighted by molar-refractivity contribution is 9.10. The Labute approximate surface area is 100.0 Å². The minimum Gasteiger partial charge on any atom is -0.463 e. The van der Waals surface area contributed by atoms with Crippen LogP contribution in [-0.2, 0) is 6.18 Å². The number of fused-ring (bicyclic) bond motifs is 1. The van der Waals surface area contributed by atoms with Crippen molar-refractivity contribution < 1.29 is 22.0 Å². The minimum atomic E-state index is -4.85.